The van der Waals surface area contributed by atoms with Gasteiger partial charge in [0.15, 0.2) is 0 Å². The van der Waals surface area contributed by atoms with E-state index in [2.05, 4.69) is 10.9 Å². The van der Waals surface area contributed by atoms with Gasteiger partial charge in [0.25, 0.3) is 0 Å². The number of hydrogen-bond donors (Lipinski definition) is 2. The summed E-state index contributed by atoms with van der Waals surface area (Å²) in [4.78, 5) is 15.7. The predicted molar refractivity (Wildman–Crippen MR) is 132 cm³/mol. The molecule has 3 aliphatic rings. The first-order valence-electron chi connectivity index (χ1n) is 13.0. The van der Waals surface area contributed by atoms with Crippen molar-refractivity contribution in [3.05, 3.63) is 65.5 Å². The van der Waals surface area contributed by atoms with Gasteiger partial charge in [-0.2, -0.15) is 0 Å². The van der Waals surface area contributed by atoms with E-state index >= 15 is 0 Å². The molecular formula is C28H36FN3O3. The Morgan fingerprint density at radius 1 is 1.06 bits per heavy atom. The van der Waals surface area contributed by atoms with E-state index in [-0.39, 0.29) is 23.9 Å². The Balaban J connectivity index is 1.24. The van der Waals surface area contributed by atoms with Gasteiger partial charge in [-0.15, -0.1) is 0 Å². The van der Waals surface area contributed by atoms with Crippen molar-refractivity contribution in [2.24, 2.45) is 5.92 Å². The largest absolute Gasteiger partial charge is 0.493 e. The van der Waals surface area contributed by atoms with Crippen LogP contribution in [0.5, 0.6) is 5.75 Å². The summed E-state index contributed by atoms with van der Waals surface area (Å²) in [6.45, 7) is 2.28. The molecule has 6 nitrogen and oxygen atoms in total. The van der Waals surface area contributed by atoms with Crippen LogP contribution in [0.1, 0.15) is 49.7 Å². The zero-order valence-electron chi connectivity index (χ0n) is 20.3. The number of rotatable bonds is 9. The molecule has 2 heterocycles. The highest BCUT2D eigenvalue weighted by Gasteiger charge is 2.43. The third-order valence-electron chi connectivity index (χ3n) is 7.57. The molecule has 1 saturated carbocycles. The summed E-state index contributed by atoms with van der Waals surface area (Å²) in [5, 5.41) is 0. The Hall–Kier alpha value is -2.48. The average molecular weight is 482 g/mol. The molecule has 188 valence electrons. The van der Waals surface area contributed by atoms with Gasteiger partial charge in [0.2, 0.25) is 5.91 Å². The predicted octanol–water partition coefficient (Wildman–Crippen LogP) is 3.99. The molecular weight excluding hydrogens is 445 g/mol. The van der Waals surface area contributed by atoms with E-state index in [9.17, 15) is 9.18 Å². The average Bonchev–Trinajstić information content (AvgIpc) is 3.55. The number of amides is 1. The number of halogens is 1. The summed E-state index contributed by atoms with van der Waals surface area (Å²) in [5.41, 5.74) is 8.36. The molecule has 1 aliphatic carbocycles. The second-order valence-corrected chi connectivity index (χ2v) is 10.0. The van der Waals surface area contributed by atoms with Crippen LogP contribution in [-0.2, 0) is 22.5 Å². The quantitative estimate of drug-likeness (QED) is 0.567. The van der Waals surface area contributed by atoms with Crippen molar-refractivity contribution >= 4 is 5.91 Å². The van der Waals surface area contributed by atoms with Crippen molar-refractivity contribution in [3.8, 4) is 5.75 Å². The molecule has 2 saturated heterocycles. The molecule has 0 bridgehead atoms. The van der Waals surface area contributed by atoms with E-state index in [1.165, 1.54) is 18.9 Å². The molecule has 2 aromatic rings. The Morgan fingerprint density at radius 2 is 1.94 bits per heavy atom. The molecule has 5 rings (SSSR count). The van der Waals surface area contributed by atoms with E-state index in [0.717, 1.165) is 43.6 Å². The number of benzene rings is 2. The third-order valence-corrected chi connectivity index (χ3v) is 7.57. The van der Waals surface area contributed by atoms with Crippen LogP contribution >= 0.6 is 0 Å². The number of hydrazine groups is 1. The lowest BCUT2D eigenvalue weighted by Crippen LogP contribution is -2.49. The Kier molecular flexibility index (Phi) is 7.96. The van der Waals surface area contributed by atoms with Crippen molar-refractivity contribution in [1.29, 1.82) is 0 Å². The molecule has 2 N–H and O–H groups in total. The smallest absolute Gasteiger partial charge is 0.241 e. The maximum absolute atomic E-state index is 13.9. The molecule has 7 heteroatoms. The van der Waals surface area contributed by atoms with Crippen LogP contribution < -0.4 is 15.6 Å². The second-order valence-electron chi connectivity index (χ2n) is 10.0. The number of carbonyl (C=O) groups is 1. The number of hydrogen-bond acceptors (Lipinski definition) is 5. The SMILES string of the molecule is O=C(C1NNC2CCCCC21)N(Cc1cccc(OCCc2ccccc2F)c1)CC1CCCO1. The molecule has 1 amide bonds. The summed E-state index contributed by atoms with van der Waals surface area (Å²) in [6, 6.07) is 14.9. The van der Waals surface area contributed by atoms with Crippen molar-refractivity contribution < 1.29 is 18.7 Å². The van der Waals surface area contributed by atoms with Gasteiger partial charge in [0, 0.05) is 38.1 Å². The van der Waals surface area contributed by atoms with E-state index in [1.54, 1.807) is 12.1 Å². The second kappa shape index (κ2) is 11.5. The van der Waals surface area contributed by atoms with Crippen LogP contribution in [0.3, 0.4) is 0 Å². The highest BCUT2D eigenvalue weighted by Crippen LogP contribution is 2.31. The minimum atomic E-state index is -0.205. The molecule has 35 heavy (non-hydrogen) atoms. The fourth-order valence-corrected chi connectivity index (χ4v) is 5.68. The molecule has 0 radical (unpaired) electrons. The van der Waals surface area contributed by atoms with E-state index < -0.39 is 0 Å². The minimum Gasteiger partial charge on any atom is -0.493 e. The fourth-order valence-electron chi connectivity index (χ4n) is 5.68. The number of nitrogens with zero attached hydrogens (tertiary/aromatic N) is 1. The number of carbonyl (C=O) groups excluding carboxylic acids is 1. The van der Waals surface area contributed by atoms with Crippen molar-refractivity contribution in [2.75, 3.05) is 19.8 Å². The Morgan fingerprint density at radius 3 is 2.80 bits per heavy atom. The van der Waals surface area contributed by atoms with Gasteiger partial charge in [-0.05, 0) is 55.0 Å². The fraction of sp³-hybridized carbons (Fsp3) is 0.536. The number of nitrogens with one attached hydrogen (secondary N) is 2. The summed E-state index contributed by atoms with van der Waals surface area (Å²) < 4.78 is 25.7. The van der Waals surface area contributed by atoms with Crippen LogP contribution in [0.2, 0.25) is 0 Å². The molecule has 0 spiro atoms. The number of fused-ring (bicyclic) bond motifs is 1. The summed E-state index contributed by atoms with van der Waals surface area (Å²) in [6.07, 6.45) is 7.25. The van der Waals surface area contributed by atoms with Gasteiger partial charge >= 0.3 is 0 Å². The molecule has 2 aliphatic heterocycles. The zero-order chi connectivity index (χ0) is 24.0. The first-order chi connectivity index (χ1) is 17.2. The third kappa shape index (κ3) is 6.02. The van der Waals surface area contributed by atoms with E-state index in [1.807, 2.05) is 35.2 Å². The standard InChI is InChI=1S/C28H36FN3O3/c29-25-12-3-1-8-21(25)14-16-35-22-9-5-7-20(17-22)18-32(19-23-10-6-15-34-23)28(33)27-24-11-2-4-13-26(24)30-31-27/h1,3,5,7-9,12,17,23-24,26-27,30-31H,2,4,6,10-11,13-16,18-19H2. The zero-order valence-corrected chi connectivity index (χ0v) is 20.3. The summed E-state index contributed by atoms with van der Waals surface area (Å²) >= 11 is 0. The van der Waals surface area contributed by atoms with Gasteiger partial charge < -0.3 is 14.4 Å². The van der Waals surface area contributed by atoms with E-state index in [0.29, 0.717) is 43.6 Å². The molecule has 0 aromatic heterocycles. The van der Waals surface area contributed by atoms with Crippen LogP contribution in [0.25, 0.3) is 0 Å². The van der Waals surface area contributed by atoms with Crippen LogP contribution in [-0.4, -0.2) is 48.8 Å². The maximum atomic E-state index is 13.9. The molecule has 2 aromatic carbocycles. The highest BCUT2D eigenvalue weighted by atomic mass is 19.1. The van der Waals surface area contributed by atoms with Crippen LogP contribution in [0.15, 0.2) is 48.5 Å². The van der Waals surface area contributed by atoms with Gasteiger partial charge in [-0.1, -0.05) is 43.2 Å². The van der Waals surface area contributed by atoms with Gasteiger partial charge in [-0.3, -0.25) is 10.2 Å². The van der Waals surface area contributed by atoms with Gasteiger partial charge in [0.05, 0.1) is 12.7 Å². The molecule has 3 fully saturated rings. The van der Waals surface area contributed by atoms with Crippen molar-refractivity contribution in [2.45, 2.75) is 69.7 Å². The van der Waals surface area contributed by atoms with Crippen molar-refractivity contribution in [1.82, 2.24) is 15.8 Å². The summed E-state index contributed by atoms with van der Waals surface area (Å²) in [7, 11) is 0. The minimum absolute atomic E-state index is 0.0932. The Bertz CT molecular complexity index is 997. The topological polar surface area (TPSA) is 62.8 Å². The first kappa shape index (κ1) is 24.2. The van der Waals surface area contributed by atoms with Gasteiger partial charge in [-0.25, -0.2) is 9.82 Å². The normalized spacial score (nSPS) is 25.9. The lowest BCUT2D eigenvalue weighted by molar-refractivity contribution is -0.136. The monoisotopic (exact) mass is 481 g/mol. The lowest BCUT2D eigenvalue weighted by atomic mass is 9.81. The highest BCUT2D eigenvalue weighted by molar-refractivity contribution is 5.82. The molecule has 4 unspecified atom stereocenters. The maximum Gasteiger partial charge on any atom is 0.241 e. The van der Waals surface area contributed by atoms with E-state index in [4.69, 9.17) is 9.47 Å². The van der Waals surface area contributed by atoms with Gasteiger partial charge in [0.1, 0.15) is 17.6 Å². The Labute approximate surface area is 207 Å². The summed E-state index contributed by atoms with van der Waals surface area (Å²) in [5.74, 6) is 1.02. The van der Waals surface area contributed by atoms with Crippen LogP contribution in [0.4, 0.5) is 4.39 Å². The lowest BCUT2D eigenvalue weighted by Gasteiger charge is -2.32. The number of ether oxygens (including phenoxy) is 2. The van der Waals surface area contributed by atoms with Crippen LogP contribution in [0, 0.1) is 11.7 Å². The van der Waals surface area contributed by atoms with Crippen molar-refractivity contribution in [3.63, 3.8) is 0 Å². The molecule has 4 atom stereocenters. The first-order valence-corrected chi connectivity index (χ1v) is 13.0.